The van der Waals surface area contributed by atoms with Crippen molar-refractivity contribution >= 4 is 16.9 Å². The number of carbonyl (C=O) groups is 1. The number of pyridine rings is 3. The number of ether oxygens (including phenoxy) is 1. The van der Waals surface area contributed by atoms with E-state index in [1.165, 1.54) is 7.11 Å². The van der Waals surface area contributed by atoms with E-state index in [0.717, 1.165) is 22.6 Å². The van der Waals surface area contributed by atoms with E-state index >= 15 is 0 Å². The highest BCUT2D eigenvalue weighted by Crippen LogP contribution is 2.16. The number of hydrogen-bond acceptors (Lipinski definition) is 5. The summed E-state index contributed by atoms with van der Waals surface area (Å²) in [6, 6.07) is 7.54. The number of aryl methyl sites for hydroxylation is 3. The van der Waals surface area contributed by atoms with Crippen LogP contribution >= 0.6 is 0 Å². The maximum absolute atomic E-state index is 12.9. The lowest BCUT2D eigenvalue weighted by Crippen LogP contribution is -2.31. The minimum atomic E-state index is -0.479. The Hall–Kier alpha value is -3.06. The first-order valence-electron chi connectivity index (χ1n) is 8.61. The Labute approximate surface area is 157 Å². The molecule has 0 aliphatic carbocycles. The standard InChI is InChI=1S/C20H22N4O3/c1-12-8-16-18(25)17(20(26)21-11-27-4)10-24(19(16)23-14(12)3)9-15-7-5-6-13(2)22-15/h5-8,10H,9,11H2,1-4H3,(H,21,26). The Morgan fingerprint density at radius 3 is 2.70 bits per heavy atom. The molecule has 0 spiro atoms. The fourth-order valence-electron chi connectivity index (χ4n) is 2.88. The van der Waals surface area contributed by atoms with E-state index in [2.05, 4.69) is 15.3 Å². The van der Waals surface area contributed by atoms with Crippen molar-refractivity contribution in [2.45, 2.75) is 27.3 Å². The Balaban J connectivity index is 2.20. The van der Waals surface area contributed by atoms with Crippen LogP contribution in [0, 0.1) is 20.8 Å². The van der Waals surface area contributed by atoms with Crippen LogP contribution in [0.2, 0.25) is 0 Å². The molecule has 0 fully saturated rings. The third-order valence-electron chi connectivity index (χ3n) is 4.39. The summed E-state index contributed by atoms with van der Waals surface area (Å²) in [4.78, 5) is 34.4. The zero-order chi connectivity index (χ0) is 19.6. The van der Waals surface area contributed by atoms with Gasteiger partial charge in [0.1, 0.15) is 17.9 Å². The van der Waals surface area contributed by atoms with Crippen molar-refractivity contribution < 1.29 is 9.53 Å². The van der Waals surface area contributed by atoms with Gasteiger partial charge in [0, 0.05) is 24.7 Å². The predicted octanol–water partition coefficient (Wildman–Crippen LogP) is 2.10. The number of nitrogens with zero attached hydrogens (tertiary/aromatic N) is 3. The van der Waals surface area contributed by atoms with E-state index in [1.807, 2.05) is 39.0 Å². The van der Waals surface area contributed by atoms with Crippen LogP contribution in [0.1, 0.15) is 33.0 Å². The molecule has 0 unspecified atom stereocenters. The van der Waals surface area contributed by atoms with Crippen LogP contribution in [0.3, 0.4) is 0 Å². The molecule has 0 saturated carbocycles. The molecule has 27 heavy (non-hydrogen) atoms. The zero-order valence-corrected chi connectivity index (χ0v) is 15.9. The lowest BCUT2D eigenvalue weighted by Gasteiger charge is -2.14. The summed E-state index contributed by atoms with van der Waals surface area (Å²) in [5.41, 5.74) is 3.70. The van der Waals surface area contributed by atoms with Gasteiger partial charge in [0.05, 0.1) is 17.6 Å². The molecule has 140 valence electrons. The van der Waals surface area contributed by atoms with Gasteiger partial charge in [-0.1, -0.05) is 6.07 Å². The van der Waals surface area contributed by atoms with Gasteiger partial charge in [-0.3, -0.25) is 14.6 Å². The lowest BCUT2D eigenvalue weighted by molar-refractivity contribution is 0.0870. The number of aromatic nitrogens is 3. The van der Waals surface area contributed by atoms with Crippen LogP contribution in [0.4, 0.5) is 0 Å². The minimum absolute atomic E-state index is 0.0287. The first-order valence-corrected chi connectivity index (χ1v) is 8.61. The number of rotatable bonds is 5. The van der Waals surface area contributed by atoms with Crippen molar-refractivity contribution in [2.24, 2.45) is 0 Å². The van der Waals surface area contributed by atoms with Gasteiger partial charge in [0.25, 0.3) is 5.91 Å². The number of hydrogen-bond donors (Lipinski definition) is 1. The third kappa shape index (κ3) is 3.88. The van der Waals surface area contributed by atoms with Crippen molar-refractivity contribution in [2.75, 3.05) is 13.8 Å². The van der Waals surface area contributed by atoms with Crippen LogP contribution < -0.4 is 10.7 Å². The number of methoxy groups -OCH3 is 1. The van der Waals surface area contributed by atoms with Gasteiger partial charge in [0.2, 0.25) is 5.43 Å². The molecule has 0 aromatic carbocycles. The van der Waals surface area contributed by atoms with E-state index in [4.69, 9.17) is 4.74 Å². The smallest absolute Gasteiger partial charge is 0.258 e. The molecule has 3 aromatic heterocycles. The van der Waals surface area contributed by atoms with Gasteiger partial charge in [0.15, 0.2) is 0 Å². The first kappa shape index (κ1) is 18.7. The molecule has 7 heteroatoms. The summed E-state index contributed by atoms with van der Waals surface area (Å²) in [6.07, 6.45) is 1.54. The Morgan fingerprint density at radius 1 is 1.22 bits per heavy atom. The fourth-order valence-corrected chi connectivity index (χ4v) is 2.88. The second-order valence-electron chi connectivity index (χ2n) is 6.47. The van der Waals surface area contributed by atoms with Crippen LogP contribution in [-0.2, 0) is 11.3 Å². The van der Waals surface area contributed by atoms with Crippen molar-refractivity contribution in [1.82, 2.24) is 19.9 Å². The summed E-state index contributed by atoms with van der Waals surface area (Å²) in [6.45, 7) is 6.14. The quantitative estimate of drug-likeness (QED) is 0.699. The average molecular weight is 366 g/mol. The van der Waals surface area contributed by atoms with E-state index in [1.54, 1.807) is 16.8 Å². The van der Waals surface area contributed by atoms with Crippen molar-refractivity contribution in [3.8, 4) is 0 Å². The number of nitrogens with one attached hydrogen (secondary N) is 1. The predicted molar refractivity (Wildman–Crippen MR) is 103 cm³/mol. The summed E-state index contributed by atoms with van der Waals surface area (Å²) in [5, 5.41) is 2.98. The van der Waals surface area contributed by atoms with Gasteiger partial charge in [-0.25, -0.2) is 4.98 Å². The Morgan fingerprint density at radius 2 is 2.00 bits per heavy atom. The molecule has 3 rings (SSSR count). The summed E-state index contributed by atoms with van der Waals surface area (Å²) in [7, 11) is 1.47. The van der Waals surface area contributed by atoms with Crippen molar-refractivity contribution in [1.29, 1.82) is 0 Å². The van der Waals surface area contributed by atoms with Crippen LogP contribution in [0.25, 0.3) is 11.0 Å². The molecule has 1 N–H and O–H groups in total. The molecule has 1 amide bonds. The highest BCUT2D eigenvalue weighted by molar-refractivity contribution is 5.96. The van der Waals surface area contributed by atoms with E-state index in [0.29, 0.717) is 17.6 Å². The van der Waals surface area contributed by atoms with E-state index < -0.39 is 5.91 Å². The molecular formula is C20H22N4O3. The molecule has 0 aliphatic rings. The molecule has 7 nitrogen and oxygen atoms in total. The third-order valence-corrected chi connectivity index (χ3v) is 4.39. The highest BCUT2D eigenvalue weighted by Gasteiger charge is 2.17. The van der Waals surface area contributed by atoms with Crippen LogP contribution in [-0.4, -0.2) is 34.3 Å². The number of fused-ring (bicyclic) bond motifs is 1. The maximum Gasteiger partial charge on any atom is 0.258 e. The first-order chi connectivity index (χ1) is 12.9. The SMILES string of the molecule is COCNC(=O)c1cn(Cc2cccc(C)n2)c2nc(C)c(C)cc2c1=O. The highest BCUT2D eigenvalue weighted by atomic mass is 16.5. The Kier molecular flexibility index (Phi) is 5.32. The van der Waals surface area contributed by atoms with E-state index in [-0.39, 0.29) is 17.7 Å². The molecule has 0 bridgehead atoms. The second-order valence-corrected chi connectivity index (χ2v) is 6.47. The molecule has 3 aromatic rings. The van der Waals surface area contributed by atoms with E-state index in [9.17, 15) is 9.59 Å². The van der Waals surface area contributed by atoms with Crippen LogP contribution in [0.15, 0.2) is 35.3 Å². The zero-order valence-electron chi connectivity index (χ0n) is 15.9. The molecule has 0 atom stereocenters. The fraction of sp³-hybridized carbons (Fsp3) is 0.300. The normalized spacial score (nSPS) is 11.0. The second kappa shape index (κ2) is 7.67. The van der Waals surface area contributed by atoms with Crippen molar-refractivity contribution in [3.05, 3.63) is 68.9 Å². The summed E-state index contributed by atoms with van der Waals surface area (Å²) >= 11 is 0. The monoisotopic (exact) mass is 366 g/mol. The molecule has 0 saturated heterocycles. The number of carbonyl (C=O) groups excluding carboxylic acids is 1. The molecule has 0 radical (unpaired) electrons. The van der Waals surface area contributed by atoms with Crippen molar-refractivity contribution in [3.63, 3.8) is 0 Å². The molecular weight excluding hydrogens is 344 g/mol. The van der Waals surface area contributed by atoms with Crippen LogP contribution in [0.5, 0.6) is 0 Å². The minimum Gasteiger partial charge on any atom is -0.364 e. The van der Waals surface area contributed by atoms with Gasteiger partial charge in [-0.05, 0) is 44.5 Å². The topological polar surface area (TPSA) is 86.1 Å². The average Bonchev–Trinajstić information content (AvgIpc) is 2.63. The summed E-state index contributed by atoms with van der Waals surface area (Å²) in [5.74, 6) is -0.479. The Bertz CT molecular complexity index is 1070. The largest absolute Gasteiger partial charge is 0.364 e. The number of amides is 1. The maximum atomic E-state index is 12.9. The molecule has 3 heterocycles. The lowest BCUT2D eigenvalue weighted by atomic mass is 10.1. The molecule has 0 aliphatic heterocycles. The van der Waals surface area contributed by atoms with Gasteiger partial charge >= 0.3 is 0 Å². The van der Waals surface area contributed by atoms with Gasteiger partial charge in [-0.15, -0.1) is 0 Å². The van der Waals surface area contributed by atoms with Gasteiger partial charge in [-0.2, -0.15) is 0 Å². The van der Waals surface area contributed by atoms with Gasteiger partial charge < -0.3 is 14.6 Å². The summed E-state index contributed by atoms with van der Waals surface area (Å²) < 4.78 is 6.67.